The SMILES string of the molecule is Cc1ccc(-n2c(SCC(=O)N[C@@H](C)C(C)C)nnc2-c2ccncc2)cc1C. The fraction of sp³-hybridized carbons (Fsp3) is 0.364. The lowest BCUT2D eigenvalue weighted by molar-refractivity contribution is -0.119. The molecule has 29 heavy (non-hydrogen) atoms. The van der Waals surface area contributed by atoms with E-state index in [4.69, 9.17) is 0 Å². The molecular formula is C22H27N5OS. The molecule has 1 N–H and O–H groups in total. The van der Waals surface area contributed by atoms with Gasteiger partial charge in [-0.1, -0.05) is 31.7 Å². The Morgan fingerprint density at radius 1 is 1.07 bits per heavy atom. The quantitative estimate of drug-likeness (QED) is 0.592. The van der Waals surface area contributed by atoms with Crippen LogP contribution in [0.2, 0.25) is 0 Å². The largest absolute Gasteiger partial charge is 0.353 e. The zero-order chi connectivity index (χ0) is 21.0. The Labute approximate surface area is 176 Å². The summed E-state index contributed by atoms with van der Waals surface area (Å²) in [6.45, 7) is 10.4. The fourth-order valence-electron chi connectivity index (χ4n) is 2.74. The second-order valence-electron chi connectivity index (χ2n) is 7.53. The second kappa shape index (κ2) is 9.22. The molecule has 0 aliphatic carbocycles. The van der Waals surface area contributed by atoms with Crippen molar-refractivity contribution in [1.29, 1.82) is 0 Å². The van der Waals surface area contributed by atoms with E-state index in [2.05, 4.69) is 66.4 Å². The molecule has 0 saturated carbocycles. The Morgan fingerprint density at radius 3 is 2.45 bits per heavy atom. The Balaban J connectivity index is 1.92. The van der Waals surface area contributed by atoms with Gasteiger partial charge < -0.3 is 5.32 Å². The predicted octanol–water partition coefficient (Wildman–Crippen LogP) is 4.20. The van der Waals surface area contributed by atoms with Crippen molar-refractivity contribution in [2.45, 2.75) is 45.8 Å². The Bertz CT molecular complexity index is 984. The number of nitrogens with zero attached hydrogens (tertiary/aromatic N) is 4. The first-order valence-corrected chi connectivity index (χ1v) is 10.7. The minimum Gasteiger partial charge on any atom is -0.353 e. The molecule has 0 fully saturated rings. The fourth-order valence-corrected chi connectivity index (χ4v) is 3.50. The summed E-state index contributed by atoms with van der Waals surface area (Å²) in [5, 5.41) is 12.5. The monoisotopic (exact) mass is 409 g/mol. The van der Waals surface area contributed by atoms with Gasteiger partial charge in [-0.05, 0) is 62.1 Å². The number of thioether (sulfide) groups is 1. The molecule has 1 atom stereocenters. The van der Waals surface area contributed by atoms with Crippen LogP contribution < -0.4 is 5.32 Å². The van der Waals surface area contributed by atoms with Crippen molar-refractivity contribution in [2.24, 2.45) is 5.92 Å². The molecule has 1 aromatic carbocycles. The van der Waals surface area contributed by atoms with Gasteiger partial charge in [0.15, 0.2) is 11.0 Å². The van der Waals surface area contributed by atoms with Crippen LogP contribution in [0, 0.1) is 19.8 Å². The number of hydrogen-bond acceptors (Lipinski definition) is 5. The number of amides is 1. The number of aryl methyl sites for hydroxylation is 2. The number of carbonyl (C=O) groups excluding carboxylic acids is 1. The number of carbonyl (C=O) groups is 1. The smallest absolute Gasteiger partial charge is 0.230 e. The topological polar surface area (TPSA) is 72.7 Å². The third-order valence-electron chi connectivity index (χ3n) is 5.04. The Morgan fingerprint density at radius 2 is 1.79 bits per heavy atom. The highest BCUT2D eigenvalue weighted by atomic mass is 32.2. The first kappa shape index (κ1) is 21.0. The molecule has 0 aliphatic rings. The summed E-state index contributed by atoms with van der Waals surface area (Å²) in [6.07, 6.45) is 3.48. The molecule has 1 amide bonds. The number of pyridine rings is 1. The lowest BCUT2D eigenvalue weighted by atomic mass is 10.1. The molecule has 3 rings (SSSR count). The molecule has 7 heteroatoms. The van der Waals surface area contributed by atoms with Gasteiger partial charge in [0.1, 0.15) is 0 Å². The average Bonchev–Trinajstić information content (AvgIpc) is 3.13. The Kier molecular flexibility index (Phi) is 6.69. The van der Waals surface area contributed by atoms with Crippen LogP contribution in [0.1, 0.15) is 31.9 Å². The van der Waals surface area contributed by atoms with Gasteiger partial charge in [-0.15, -0.1) is 10.2 Å². The minimum absolute atomic E-state index is 0.00343. The molecule has 3 aromatic rings. The van der Waals surface area contributed by atoms with Crippen LogP contribution in [0.4, 0.5) is 0 Å². The average molecular weight is 410 g/mol. The zero-order valence-corrected chi connectivity index (χ0v) is 18.3. The third-order valence-corrected chi connectivity index (χ3v) is 5.97. The maximum absolute atomic E-state index is 12.4. The summed E-state index contributed by atoms with van der Waals surface area (Å²) in [6, 6.07) is 10.2. The van der Waals surface area contributed by atoms with E-state index in [1.54, 1.807) is 12.4 Å². The van der Waals surface area contributed by atoms with Crippen molar-refractivity contribution in [2.75, 3.05) is 5.75 Å². The van der Waals surface area contributed by atoms with Gasteiger partial charge in [-0.3, -0.25) is 14.3 Å². The van der Waals surface area contributed by atoms with Crippen LogP contribution >= 0.6 is 11.8 Å². The van der Waals surface area contributed by atoms with Gasteiger partial charge in [-0.25, -0.2) is 0 Å². The van der Waals surface area contributed by atoms with E-state index in [1.165, 1.54) is 22.9 Å². The van der Waals surface area contributed by atoms with Gasteiger partial charge in [-0.2, -0.15) is 0 Å². The summed E-state index contributed by atoms with van der Waals surface area (Å²) in [4.78, 5) is 16.4. The molecule has 2 aromatic heterocycles. The van der Waals surface area contributed by atoms with E-state index < -0.39 is 0 Å². The van der Waals surface area contributed by atoms with Crippen molar-refractivity contribution in [3.05, 3.63) is 53.9 Å². The lowest BCUT2D eigenvalue weighted by Crippen LogP contribution is -2.37. The lowest BCUT2D eigenvalue weighted by Gasteiger charge is -2.17. The number of rotatable bonds is 7. The highest BCUT2D eigenvalue weighted by molar-refractivity contribution is 7.99. The van der Waals surface area contributed by atoms with Crippen molar-refractivity contribution in [3.8, 4) is 17.1 Å². The van der Waals surface area contributed by atoms with E-state index in [0.29, 0.717) is 11.1 Å². The van der Waals surface area contributed by atoms with Crippen molar-refractivity contribution >= 4 is 17.7 Å². The van der Waals surface area contributed by atoms with Crippen LogP contribution in [0.15, 0.2) is 47.9 Å². The van der Waals surface area contributed by atoms with Crippen LogP contribution in [0.25, 0.3) is 17.1 Å². The highest BCUT2D eigenvalue weighted by Gasteiger charge is 2.18. The first-order chi connectivity index (χ1) is 13.9. The minimum atomic E-state index is -0.00343. The Hall–Kier alpha value is -2.67. The molecule has 0 spiro atoms. The second-order valence-corrected chi connectivity index (χ2v) is 8.48. The molecule has 0 radical (unpaired) electrons. The summed E-state index contributed by atoms with van der Waals surface area (Å²) < 4.78 is 2.01. The van der Waals surface area contributed by atoms with Gasteiger partial charge in [0.2, 0.25) is 5.91 Å². The molecule has 0 unspecified atom stereocenters. The zero-order valence-electron chi connectivity index (χ0n) is 17.5. The number of nitrogens with one attached hydrogen (secondary N) is 1. The summed E-state index contributed by atoms with van der Waals surface area (Å²) in [5.41, 5.74) is 4.32. The molecule has 152 valence electrons. The van der Waals surface area contributed by atoms with Crippen LogP contribution in [0.5, 0.6) is 0 Å². The van der Waals surface area contributed by atoms with E-state index >= 15 is 0 Å². The van der Waals surface area contributed by atoms with Gasteiger partial charge >= 0.3 is 0 Å². The van der Waals surface area contributed by atoms with Crippen molar-refractivity contribution in [3.63, 3.8) is 0 Å². The maximum atomic E-state index is 12.4. The summed E-state index contributed by atoms with van der Waals surface area (Å²) in [7, 11) is 0. The molecular weight excluding hydrogens is 382 g/mol. The summed E-state index contributed by atoms with van der Waals surface area (Å²) >= 11 is 1.39. The van der Waals surface area contributed by atoms with Crippen LogP contribution in [-0.4, -0.2) is 37.5 Å². The van der Waals surface area contributed by atoms with Crippen LogP contribution in [-0.2, 0) is 4.79 Å². The van der Waals surface area contributed by atoms with E-state index in [0.717, 1.165) is 17.1 Å². The molecule has 0 saturated heterocycles. The normalized spacial score (nSPS) is 12.2. The highest BCUT2D eigenvalue weighted by Crippen LogP contribution is 2.28. The maximum Gasteiger partial charge on any atom is 0.230 e. The first-order valence-electron chi connectivity index (χ1n) is 9.72. The van der Waals surface area contributed by atoms with E-state index in [9.17, 15) is 4.79 Å². The van der Waals surface area contributed by atoms with Gasteiger partial charge in [0.05, 0.1) is 11.4 Å². The standard InChI is InChI=1S/C22H27N5OS/c1-14(2)17(5)24-20(28)13-29-22-26-25-21(18-8-10-23-11-9-18)27(22)19-7-6-15(3)16(4)12-19/h6-12,14,17H,13H2,1-5H3,(H,24,28)/t17-/m0/s1. The van der Waals surface area contributed by atoms with Crippen molar-refractivity contribution < 1.29 is 4.79 Å². The molecule has 0 bridgehead atoms. The van der Waals surface area contributed by atoms with E-state index in [1.807, 2.05) is 23.6 Å². The number of aromatic nitrogens is 4. The number of benzene rings is 1. The van der Waals surface area contributed by atoms with Crippen LogP contribution in [0.3, 0.4) is 0 Å². The van der Waals surface area contributed by atoms with Gasteiger partial charge in [0.25, 0.3) is 0 Å². The third kappa shape index (κ3) is 5.03. The van der Waals surface area contributed by atoms with Crippen molar-refractivity contribution in [1.82, 2.24) is 25.1 Å². The molecule has 2 heterocycles. The molecule has 0 aliphatic heterocycles. The predicted molar refractivity (Wildman–Crippen MR) is 117 cm³/mol. The number of hydrogen-bond donors (Lipinski definition) is 1. The summed E-state index contributed by atoms with van der Waals surface area (Å²) in [5.74, 6) is 1.41. The van der Waals surface area contributed by atoms with Gasteiger partial charge in [0, 0.05) is 24.0 Å². The van der Waals surface area contributed by atoms with E-state index in [-0.39, 0.29) is 17.7 Å². The molecule has 6 nitrogen and oxygen atoms in total.